The zero-order chi connectivity index (χ0) is 12.6. The van der Waals surface area contributed by atoms with Crippen LogP contribution >= 0.6 is 0 Å². The van der Waals surface area contributed by atoms with Crippen molar-refractivity contribution in [2.45, 2.75) is 25.5 Å². The number of hydrogen-bond acceptors (Lipinski definition) is 3. The Balaban J connectivity index is 2.48. The van der Waals surface area contributed by atoms with Crippen LogP contribution in [0.15, 0.2) is 24.3 Å². The van der Waals surface area contributed by atoms with Gasteiger partial charge in [-0.1, -0.05) is 18.2 Å². The van der Waals surface area contributed by atoms with Crippen LogP contribution < -0.4 is 9.46 Å². The second kappa shape index (κ2) is 4.21. The molecule has 2 N–H and O–H groups in total. The molecule has 0 amide bonds. The van der Waals surface area contributed by atoms with E-state index in [0.717, 1.165) is 0 Å². The molecule has 0 aromatic heterocycles. The highest BCUT2D eigenvalue weighted by Gasteiger charge is 2.42. The maximum absolute atomic E-state index is 12.1. The molecule has 2 atom stereocenters. The van der Waals surface area contributed by atoms with Crippen LogP contribution in [0.1, 0.15) is 25.5 Å². The van der Waals surface area contributed by atoms with Crippen molar-refractivity contribution in [2.75, 3.05) is 0 Å². The molecule has 0 spiro atoms. The summed E-state index contributed by atoms with van der Waals surface area (Å²) in [5, 5.41) is 0. The first-order chi connectivity index (χ1) is 7.92. The largest absolute Gasteiger partial charge is 0.480 e. The molecule has 1 heterocycles. The molecule has 0 fully saturated rings. The Morgan fingerprint density at radius 2 is 2.06 bits per heavy atom. The molecule has 1 aromatic carbocycles. The van der Waals surface area contributed by atoms with Crippen LogP contribution in [0.2, 0.25) is 0 Å². The Morgan fingerprint density at radius 1 is 1.41 bits per heavy atom. The number of nitrogens with one attached hydrogen (secondary N) is 1. The van der Waals surface area contributed by atoms with Gasteiger partial charge in [0.2, 0.25) is 11.3 Å². The first kappa shape index (κ1) is 12.2. The summed E-state index contributed by atoms with van der Waals surface area (Å²) in [5.41, 5.74) is -0.426. The van der Waals surface area contributed by atoms with E-state index in [9.17, 15) is 9.00 Å². The van der Waals surface area contributed by atoms with Gasteiger partial charge >= 0.3 is 0 Å². The number of fused-ring (bicyclic) bond motifs is 1. The lowest BCUT2D eigenvalue weighted by Gasteiger charge is -2.35. The molecule has 2 rings (SSSR count). The van der Waals surface area contributed by atoms with Crippen molar-refractivity contribution in [3.8, 4) is 5.75 Å². The minimum absolute atomic E-state index is 0.265. The number of ketones is 1. The van der Waals surface area contributed by atoms with E-state index in [1.807, 2.05) is 0 Å². The molecular weight excluding hydrogens is 242 g/mol. The summed E-state index contributed by atoms with van der Waals surface area (Å²) in [6.45, 7) is 3.28. The fraction of sp³-hybridized carbons (Fsp3) is 0.364. The van der Waals surface area contributed by atoms with E-state index in [4.69, 9.17) is 9.29 Å². The predicted octanol–water partition coefficient (Wildman–Crippen LogP) is 1.19. The summed E-state index contributed by atoms with van der Waals surface area (Å²) in [7, 11) is 0. The molecule has 1 aromatic rings. The van der Waals surface area contributed by atoms with Crippen molar-refractivity contribution in [2.24, 2.45) is 0 Å². The SMILES string of the molecule is CC1(C)Oc2ccccc2C(NS(=O)O)C1=O. The molecule has 0 bridgehead atoms. The van der Waals surface area contributed by atoms with Gasteiger partial charge in [-0.05, 0) is 19.9 Å². The van der Waals surface area contributed by atoms with Crippen molar-refractivity contribution < 1.29 is 18.3 Å². The standard InChI is InChI=1S/C11H13NO4S/c1-11(2)10(13)9(12-17(14)15)7-5-3-4-6-8(7)16-11/h3-6,9,12H,1-2H3,(H,14,15). The van der Waals surface area contributed by atoms with Crippen LogP contribution in [0.25, 0.3) is 0 Å². The molecule has 1 aliphatic heterocycles. The third-order valence-electron chi connectivity index (χ3n) is 2.67. The van der Waals surface area contributed by atoms with Crippen molar-refractivity contribution in [3.63, 3.8) is 0 Å². The Morgan fingerprint density at radius 3 is 2.71 bits per heavy atom. The van der Waals surface area contributed by atoms with Gasteiger partial charge in [0, 0.05) is 5.56 Å². The number of ether oxygens (including phenoxy) is 1. The van der Waals surface area contributed by atoms with E-state index in [1.165, 1.54) is 0 Å². The van der Waals surface area contributed by atoms with E-state index in [0.29, 0.717) is 11.3 Å². The number of hydrogen-bond donors (Lipinski definition) is 2. The molecule has 5 nitrogen and oxygen atoms in total. The second-order valence-corrected chi connectivity index (χ2v) is 5.05. The van der Waals surface area contributed by atoms with Gasteiger partial charge in [0.25, 0.3) is 0 Å². The normalized spacial score (nSPS) is 23.7. The molecule has 1 aliphatic rings. The Bertz CT molecular complexity index is 486. The molecule has 17 heavy (non-hydrogen) atoms. The summed E-state index contributed by atoms with van der Waals surface area (Å²) in [6.07, 6.45) is 0. The minimum Gasteiger partial charge on any atom is -0.480 e. The molecule has 0 radical (unpaired) electrons. The molecule has 0 saturated heterocycles. The molecule has 0 saturated carbocycles. The lowest BCUT2D eigenvalue weighted by molar-refractivity contribution is -0.135. The van der Waals surface area contributed by atoms with Gasteiger partial charge in [-0.15, -0.1) is 0 Å². The Kier molecular flexibility index (Phi) is 3.03. The Labute approximate surface area is 102 Å². The predicted molar refractivity (Wildman–Crippen MR) is 62.8 cm³/mol. The maximum Gasteiger partial charge on any atom is 0.232 e. The highest BCUT2D eigenvalue weighted by Crippen LogP contribution is 2.36. The van der Waals surface area contributed by atoms with Gasteiger partial charge in [0.15, 0.2) is 11.4 Å². The molecule has 2 unspecified atom stereocenters. The van der Waals surface area contributed by atoms with Crippen LogP contribution in [0.5, 0.6) is 5.75 Å². The van der Waals surface area contributed by atoms with E-state index < -0.39 is 22.9 Å². The van der Waals surface area contributed by atoms with Gasteiger partial charge in [-0.2, -0.15) is 4.72 Å². The highest BCUT2D eigenvalue weighted by atomic mass is 32.2. The van der Waals surface area contributed by atoms with Gasteiger partial charge in [0.1, 0.15) is 11.8 Å². The second-order valence-electron chi connectivity index (χ2n) is 4.31. The molecule has 0 aliphatic carbocycles. The summed E-state index contributed by atoms with van der Waals surface area (Å²) >= 11 is -2.25. The van der Waals surface area contributed by atoms with Gasteiger partial charge in [0.05, 0.1) is 0 Å². The average molecular weight is 255 g/mol. The monoisotopic (exact) mass is 255 g/mol. The lowest BCUT2D eigenvalue weighted by atomic mass is 9.89. The van der Waals surface area contributed by atoms with Crippen molar-refractivity contribution in [3.05, 3.63) is 29.8 Å². The number of rotatable bonds is 2. The zero-order valence-electron chi connectivity index (χ0n) is 9.47. The number of carbonyl (C=O) groups excluding carboxylic acids is 1. The summed E-state index contributed by atoms with van der Waals surface area (Å²) < 4.78 is 27.6. The molecular formula is C11H13NO4S. The number of para-hydroxylation sites is 1. The third-order valence-corrected chi connectivity index (χ3v) is 3.11. The van der Waals surface area contributed by atoms with Crippen molar-refractivity contribution >= 4 is 17.0 Å². The van der Waals surface area contributed by atoms with Gasteiger partial charge in [-0.25, -0.2) is 4.21 Å². The van der Waals surface area contributed by atoms with Crippen molar-refractivity contribution in [1.82, 2.24) is 4.72 Å². The fourth-order valence-electron chi connectivity index (χ4n) is 1.84. The zero-order valence-corrected chi connectivity index (χ0v) is 10.3. The minimum atomic E-state index is -2.25. The number of benzene rings is 1. The lowest BCUT2D eigenvalue weighted by Crippen LogP contribution is -2.49. The van der Waals surface area contributed by atoms with Gasteiger partial charge in [-0.3, -0.25) is 9.35 Å². The summed E-state index contributed by atoms with van der Waals surface area (Å²) in [6, 6.07) is 6.16. The first-order valence-electron chi connectivity index (χ1n) is 5.11. The summed E-state index contributed by atoms with van der Waals surface area (Å²) in [4.78, 5) is 12.1. The highest BCUT2D eigenvalue weighted by molar-refractivity contribution is 7.77. The summed E-state index contributed by atoms with van der Waals surface area (Å²) in [5.74, 6) is 0.290. The number of Topliss-reactive ketones (excluding diaryl/α,β-unsaturated/α-hetero) is 1. The van der Waals surface area contributed by atoms with E-state index in [-0.39, 0.29) is 5.78 Å². The average Bonchev–Trinajstić information content (AvgIpc) is 2.24. The van der Waals surface area contributed by atoms with Gasteiger partial charge < -0.3 is 4.74 Å². The third kappa shape index (κ3) is 2.24. The van der Waals surface area contributed by atoms with Crippen LogP contribution in [-0.4, -0.2) is 20.1 Å². The first-order valence-corrected chi connectivity index (χ1v) is 6.22. The number of carbonyl (C=O) groups is 1. The van der Waals surface area contributed by atoms with E-state index >= 15 is 0 Å². The van der Waals surface area contributed by atoms with Crippen molar-refractivity contribution in [1.29, 1.82) is 0 Å². The fourth-order valence-corrected chi connectivity index (χ4v) is 2.28. The molecule has 6 heteroatoms. The Hall–Kier alpha value is -1.24. The van der Waals surface area contributed by atoms with E-state index in [2.05, 4.69) is 4.72 Å². The quantitative estimate of drug-likeness (QED) is 0.778. The van der Waals surface area contributed by atoms with E-state index in [1.54, 1.807) is 38.1 Å². The topological polar surface area (TPSA) is 75.6 Å². The van der Waals surface area contributed by atoms with Crippen LogP contribution in [0.4, 0.5) is 0 Å². The van der Waals surface area contributed by atoms with Crippen LogP contribution in [0.3, 0.4) is 0 Å². The molecule has 92 valence electrons. The van der Waals surface area contributed by atoms with Crippen LogP contribution in [-0.2, 0) is 16.1 Å². The smallest absolute Gasteiger partial charge is 0.232 e. The van der Waals surface area contributed by atoms with Crippen LogP contribution in [0, 0.1) is 0 Å². The maximum atomic E-state index is 12.1.